The summed E-state index contributed by atoms with van der Waals surface area (Å²) in [6.07, 6.45) is 6.55. The maximum atomic E-state index is 4.75. The monoisotopic (exact) mass is 319 g/mol. The molecule has 0 amide bonds. The molecule has 2 heterocycles. The van der Waals surface area contributed by atoms with Gasteiger partial charge in [0.05, 0.1) is 5.69 Å². The number of nitrogens with zero attached hydrogens (tertiary/aromatic N) is 3. The Labute approximate surface area is 122 Å². The van der Waals surface area contributed by atoms with Crippen LogP contribution in [0.3, 0.4) is 0 Å². The Morgan fingerprint density at radius 2 is 2.00 bits per heavy atom. The number of pyridine rings is 1. The first kappa shape index (κ1) is 14.1. The molecule has 2 aromatic heterocycles. The fourth-order valence-electron chi connectivity index (χ4n) is 2.08. The van der Waals surface area contributed by atoms with Crippen LogP contribution in [0.25, 0.3) is 11.4 Å². The lowest BCUT2D eigenvalue weighted by Crippen LogP contribution is -2.03. The lowest BCUT2D eigenvalue weighted by Gasteiger charge is -2.12. The Bertz CT molecular complexity index is 567. The highest BCUT2D eigenvalue weighted by Gasteiger charge is 2.12. The van der Waals surface area contributed by atoms with Gasteiger partial charge in [0.25, 0.3) is 0 Å². The van der Waals surface area contributed by atoms with Crippen LogP contribution in [0, 0.1) is 0 Å². The highest BCUT2D eigenvalue weighted by atomic mass is 79.9. The van der Waals surface area contributed by atoms with E-state index in [9.17, 15) is 0 Å². The maximum Gasteiger partial charge on any atom is 0.159 e. The molecule has 0 atom stereocenters. The van der Waals surface area contributed by atoms with Gasteiger partial charge >= 0.3 is 0 Å². The molecule has 0 unspecified atom stereocenters. The molecule has 0 spiro atoms. The molecule has 2 aromatic rings. The number of hydrogen-bond donors (Lipinski definition) is 0. The number of halogens is 1. The number of alkyl halides is 1. The van der Waals surface area contributed by atoms with Gasteiger partial charge in [-0.05, 0) is 24.0 Å². The fourth-order valence-corrected chi connectivity index (χ4v) is 2.51. The first-order chi connectivity index (χ1) is 9.17. The van der Waals surface area contributed by atoms with Gasteiger partial charge in [0.1, 0.15) is 0 Å². The summed E-state index contributed by atoms with van der Waals surface area (Å²) >= 11 is 3.50. The number of hydrogen-bond acceptors (Lipinski definition) is 3. The molecule has 0 saturated carbocycles. The molecule has 0 radical (unpaired) electrons. The van der Waals surface area contributed by atoms with Crippen LogP contribution in [0.1, 0.15) is 43.5 Å². The van der Waals surface area contributed by atoms with Crippen molar-refractivity contribution in [2.45, 2.75) is 38.4 Å². The molecule has 0 saturated heterocycles. The highest BCUT2D eigenvalue weighted by molar-refractivity contribution is 9.08. The Morgan fingerprint density at radius 3 is 2.63 bits per heavy atom. The zero-order chi connectivity index (χ0) is 13.8. The molecule has 3 nitrogen and oxygen atoms in total. The van der Waals surface area contributed by atoms with E-state index in [1.807, 2.05) is 18.5 Å². The Hall–Kier alpha value is -1.29. The second-order valence-corrected chi connectivity index (χ2v) is 5.34. The van der Waals surface area contributed by atoms with Crippen molar-refractivity contribution in [3.8, 4) is 11.4 Å². The summed E-state index contributed by atoms with van der Waals surface area (Å²) < 4.78 is 0. The normalized spacial score (nSPS) is 11.0. The van der Waals surface area contributed by atoms with Crippen molar-refractivity contribution in [1.29, 1.82) is 0 Å². The van der Waals surface area contributed by atoms with Gasteiger partial charge < -0.3 is 0 Å². The molecular weight excluding hydrogens is 302 g/mol. The molecule has 4 heteroatoms. The van der Waals surface area contributed by atoms with Gasteiger partial charge in [0.15, 0.2) is 5.82 Å². The van der Waals surface area contributed by atoms with Crippen LogP contribution < -0.4 is 0 Å². The summed E-state index contributed by atoms with van der Waals surface area (Å²) in [5, 5.41) is 0.789. The smallest absolute Gasteiger partial charge is 0.159 e. The van der Waals surface area contributed by atoms with Gasteiger partial charge in [-0.2, -0.15) is 0 Å². The van der Waals surface area contributed by atoms with Crippen molar-refractivity contribution in [1.82, 2.24) is 15.0 Å². The third-order valence-electron chi connectivity index (χ3n) is 3.11. The largest absolute Gasteiger partial charge is 0.264 e. The molecule has 0 aromatic carbocycles. The lowest BCUT2D eigenvalue weighted by molar-refractivity contribution is 0.802. The van der Waals surface area contributed by atoms with E-state index >= 15 is 0 Å². The standard InChI is InChI=1S/C15H18BrN3/c1-4-11-8-17-6-5-13(11)15-18-9-12(7-16)14(19-15)10(2)3/h5-6,8-10H,4,7H2,1-3H3. The van der Waals surface area contributed by atoms with Crippen LogP contribution in [-0.2, 0) is 11.8 Å². The zero-order valence-corrected chi connectivity index (χ0v) is 13.1. The Kier molecular flexibility index (Phi) is 4.64. The quantitative estimate of drug-likeness (QED) is 0.796. The van der Waals surface area contributed by atoms with E-state index in [-0.39, 0.29) is 0 Å². The topological polar surface area (TPSA) is 38.7 Å². The molecule has 2 rings (SSSR count). The zero-order valence-electron chi connectivity index (χ0n) is 11.5. The van der Waals surface area contributed by atoms with Gasteiger partial charge in [0.2, 0.25) is 0 Å². The molecule has 100 valence electrons. The van der Waals surface area contributed by atoms with Crippen molar-refractivity contribution in [2.24, 2.45) is 0 Å². The minimum atomic E-state index is 0.390. The number of aryl methyl sites for hydroxylation is 1. The highest BCUT2D eigenvalue weighted by Crippen LogP contribution is 2.24. The van der Waals surface area contributed by atoms with Crippen molar-refractivity contribution >= 4 is 15.9 Å². The average molecular weight is 320 g/mol. The van der Waals surface area contributed by atoms with Gasteiger partial charge in [-0.1, -0.05) is 36.7 Å². The van der Waals surface area contributed by atoms with Gasteiger partial charge in [-0.25, -0.2) is 9.97 Å². The SMILES string of the molecule is CCc1cnccc1-c1ncc(CBr)c(C(C)C)n1. The minimum absolute atomic E-state index is 0.390. The summed E-state index contributed by atoms with van der Waals surface area (Å²) in [6.45, 7) is 6.44. The van der Waals surface area contributed by atoms with E-state index in [0.717, 1.165) is 34.4 Å². The van der Waals surface area contributed by atoms with E-state index in [1.165, 1.54) is 5.56 Å². The van der Waals surface area contributed by atoms with Crippen molar-refractivity contribution in [3.63, 3.8) is 0 Å². The summed E-state index contributed by atoms with van der Waals surface area (Å²) in [6, 6.07) is 1.99. The van der Waals surface area contributed by atoms with Crippen LogP contribution in [0.4, 0.5) is 0 Å². The number of rotatable bonds is 4. The van der Waals surface area contributed by atoms with Gasteiger partial charge in [-0.3, -0.25) is 4.98 Å². The maximum absolute atomic E-state index is 4.75. The molecular formula is C15H18BrN3. The van der Waals surface area contributed by atoms with Gasteiger partial charge in [-0.15, -0.1) is 0 Å². The molecule has 0 aliphatic heterocycles. The molecule has 0 aliphatic carbocycles. The first-order valence-corrected chi connectivity index (χ1v) is 7.64. The fraction of sp³-hybridized carbons (Fsp3) is 0.400. The lowest BCUT2D eigenvalue weighted by atomic mass is 10.0. The van der Waals surface area contributed by atoms with Crippen LogP contribution >= 0.6 is 15.9 Å². The predicted molar refractivity (Wildman–Crippen MR) is 81.4 cm³/mol. The average Bonchev–Trinajstić information content (AvgIpc) is 2.46. The third kappa shape index (κ3) is 3.00. The summed E-state index contributed by atoms with van der Waals surface area (Å²) in [7, 11) is 0. The first-order valence-electron chi connectivity index (χ1n) is 6.52. The van der Waals surface area contributed by atoms with Crippen LogP contribution in [-0.4, -0.2) is 15.0 Å². The summed E-state index contributed by atoms with van der Waals surface area (Å²) in [5.74, 6) is 1.19. The Balaban J connectivity index is 2.54. The van der Waals surface area contributed by atoms with Crippen molar-refractivity contribution < 1.29 is 0 Å². The van der Waals surface area contributed by atoms with E-state index in [1.54, 1.807) is 6.20 Å². The van der Waals surface area contributed by atoms with Gasteiger partial charge in [0, 0.05) is 35.0 Å². The van der Waals surface area contributed by atoms with Crippen molar-refractivity contribution in [2.75, 3.05) is 0 Å². The summed E-state index contributed by atoms with van der Waals surface area (Å²) in [5.41, 5.74) is 4.54. The second-order valence-electron chi connectivity index (χ2n) is 4.78. The van der Waals surface area contributed by atoms with Crippen LogP contribution in [0.15, 0.2) is 24.7 Å². The van der Waals surface area contributed by atoms with E-state index in [2.05, 4.69) is 46.7 Å². The van der Waals surface area contributed by atoms with Crippen molar-refractivity contribution in [3.05, 3.63) is 41.5 Å². The number of aromatic nitrogens is 3. The van der Waals surface area contributed by atoms with E-state index in [0.29, 0.717) is 5.92 Å². The molecule has 0 fully saturated rings. The van der Waals surface area contributed by atoms with Crippen LogP contribution in [0.2, 0.25) is 0 Å². The van der Waals surface area contributed by atoms with E-state index in [4.69, 9.17) is 4.98 Å². The second kappa shape index (κ2) is 6.24. The third-order valence-corrected chi connectivity index (χ3v) is 3.72. The molecule has 19 heavy (non-hydrogen) atoms. The molecule has 0 aliphatic rings. The molecule has 0 N–H and O–H groups in total. The Morgan fingerprint density at radius 1 is 1.21 bits per heavy atom. The van der Waals surface area contributed by atoms with Crippen LogP contribution in [0.5, 0.6) is 0 Å². The molecule has 0 bridgehead atoms. The minimum Gasteiger partial charge on any atom is -0.264 e. The predicted octanol–water partition coefficient (Wildman–Crippen LogP) is 4.12. The van der Waals surface area contributed by atoms with E-state index < -0.39 is 0 Å². The summed E-state index contributed by atoms with van der Waals surface area (Å²) in [4.78, 5) is 13.4.